The molecular weight excluding hydrogens is 247 g/mol. The van der Waals surface area contributed by atoms with Crippen molar-refractivity contribution in [2.75, 3.05) is 20.2 Å². The molecule has 19 heavy (non-hydrogen) atoms. The van der Waals surface area contributed by atoms with Gasteiger partial charge in [0, 0.05) is 12.1 Å². The topological polar surface area (TPSA) is 64.3 Å². The maximum atomic E-state index is 13.5. The fraction of sp³-hybridized carbons (Fsp3) is 0.500. The molecule has 0 heterocycles. The van der Waals surface area contributed by atoms with Crippen LogP contribution in [0.1, 0.15) is 30.1 Å². The molecule has 0 fully saturated rings. The first-order valence-electron chi connectivity index (χ1n) is 6.44. The molecule has 1 atom stereocenters. The van der Waals surface area contributed by atoms with E-state index in [1.165, 1.54) is 19.2 Å². The van der Waals surface area contributed by atoms with E-state index in [0.717, 1.165) is 12.8 Å². The van der Waals surface area contributed by atoms with Gasteiger partial charge in [0.15, 0.2) is 11.6 Å². The number of amides is 1. The maximum absolute atomic E-state index is 13.5. The molecule has 1 rings (SSSR count). The molecule has 0 aliphatic heterocycles. The second kappa shape index (κ2) is 7.74. The van der Waals surface area contributed by atoms with Crippen LogP contribution in [0.25, 0.3) is 0 Å². The predicted molar refractivity (Wildman–Crippen MR) is 72.7 cm³/mol. The summed E-state index contributed by atoms with van der Waals surface area (Å²) in [6.07, 6.45) is 1.82. The zero-order valence-electron chi connectivity index (χ0n) is 11.4. The smallest absolute Gasteiger partial charge is 0.251 e. The summed E-state index contributed by atoms with van der Waals surface area (Å²) in [5, 5.41) is 2.80. The Morgan fingerprint density at radius 1 is 1.53 bits per heavy atom. The SMILES string of the molecule is CCC(CCN)CNC(=O)c1ccc(OC)c(F)c1. The Morgan fingerprint density at radius 3 is 2.79 bits per heavy atom. The first-order valence-corrected chi connectivity index (χ1v) is 6.44. The van der Waals surface area contributed by atoms with Gasteiger partial charge in [-0.1, -0.05) is 13.3 Å². The second-order valence-corrected chi connectivity index (χ2v) is 4.41. The molecular formula is C14H21FN2O2. The van der Waals surface area contributed by atoms with Gasteiger partial charge in [0.1, 0.15) is 0 Å². The van der Waals surface area contributed by atoms with Crippen LogP contribution >= 0.6 is 0 Å². The number of nitrogens with two attached hydrogens (primary N) is 1. The Labute approximate surface area is 113 Å². The number of ether oxygens (including phenoxy) is 1. The second-order valence-electron chi connectivity index (χ2n) is 4.41. The molecule has 1 aromatic rings. The van der Waals surface area contributed by atoms with E-state index in [1.54, 1.807) is 6.07 Å². The maximum Gasteiger partial charge on any atom is 0.251 e. The molecule has 0 aromatic heterocycles. The third-order valence-corrected chi connectivity index (χ3v) is 3.12. The third-order valence-electron chi connectivity index (χ3n) is 3.12. The normalized spacial score (nSPS) is 12.0. The summed E-state index contributed by atoms with van der Waals surface area (Å²) >= 11 is 0. The number of nitrogens with one attached hydrogen (secondary N) is 1. The van der Waals surface area contributed by atoms with E-state index in [9.17, 15) is 9.18 Å². The average Bonchev–Trinajstić information content (AvgIpc) is 2.42. The lowest BCUT2D eigenvalue weighted by molar-refractivity contribution is 0.0945. The largest absolute Gasteiger partial charge is 0.494 e. The highest BCUT2D eigenvalue weighted by Gasteiger charge is 2.12. The van der Waals surface area contributed by atoms with Crippen molar-refractivity contribution >= 4 is 5.91 Å². The zero-order chi connectivity index (χ0) is 14.3. The van der Waals surface area contributed by atoms with E-state index in [2.05, 4.69) is 12.2 Å². The lowest BCUT2D eigenvalue weighted by Crippen LogP contribution is -2.30. The Balaban J connectivity index is 2.60. The highest BCUT2D eigenvalue weighted by molar-refractivity contribution is 5.94. The first-order chi connectivity index (χ1) is 9.12. The van der Waals surface area contributed by atoms with E-state index in [-0.39, 0.29) is 11.7 Å². The fourth-order valence-electron chi connectivity index (χ4n) is 1.83. The van der Waals surface area contributed by atoms with Gasteiger partial charge in [0.05, 0.1) is 7.11 Å². The molecule has 0 spiro atoms. The molecule has 5 heteroatoms. The van der Waals surface area contributed by atoms with Crippen molar-refractivity contribution in [3.05, 3.63) is 29.6 Å². The Bertz CT molecular complexity index is 424. The summed E-state index contributed by atoms with van der Waals surface area (Å²) in [7, 11) is 1.39. The predicted octanol–water partition coefficient (Wildman–Crippen LogP) is 1.94. The van der Waals surface area contributed by atoms with Gasteiger partial charge in [-0.2, -0.15) is 0 Å². The van der Waals surface area contributed by atoms with Crippen LogP contribution in [-0.2, 0) is 0 Å². The number of benzene rings is 1. The molecule has 0 radical (unpaired) electrons. The van der Waals surface area contributed by atoms with Crippen molar-refractivity contribution in [2.24, 2.45) is 11.7 Å². The van der Waals surface area contributed by atoms with Gasteiger partial charge < -0.3 is 15.8 Å². The summed E-state index contributed by atoms with van der Waals surface area (Å²) in [4.78, 5) is 11.9. The van der Waals surface area contributed by atoms with Gasteiger partial charge in [0.25, 0.3) is 5.91 Å². The van der Waals surface area contributed by atoms with Crippen LogP contribution in [0.3, 0.4) is 0 Å². The zero-order valence-corrected chi connectivity index (χ0v) is 11.4. The molecule has 1 amide bonds. The van der Waals surface area contributed by atoms with E-state index in [0.29, 0.717) is 24.6 Å². The molecule has 0 saturated heterocycles. The molecule has 1 unspecified atom stereocenters. The summed E-state index contributed by atoms with van der Waals surface area (Å²) < 4.78 is 18.3. The average molecular weight is 268 g/mol. The number of carbonyl (C=O) groups excluding carboxylic acids is 1. The van der Waals surface area contributed by atoms with Crippen molar-refractivity contribution in [1.29, 1.82) is 0 Å². The van der Waals surface area contributed by atoms with E-state index >= 15 is 0 Å². The van der Waals surface area contributed by atoms with Crippen LogP contribution in [0, 0.1) is 11.7 Å². The Morgan fingerprint density at radius 2 is 2.26 bits per heavy atom. The van der Waals surface area contributed by atoms with Crippen LogP contribution in [0.2, 0.25) is 0 Å². The highest BCUT2D eigenvalue weighted by Crippen LogP contribution is 2.17. The molecule has 0 aliphatic rings. The molecule has 3 N–H and O–H groups in total. The van der Waals surface area contributed by atoms with Gasteiger partial charge in [-0.15, -0.1) is 0 Å². The van der Waals surface area contributed by atoms with E-state index in [1.807, 2.05) is 0 Å². The number of rotatable bonds is 7. The molecule has 0 aliphatic carbocycles. The first kappa shape index (κ1) is 15.4. The minimum absolute atomic E-state index is 0.131. The molecule has 106 valence electrons. The van der Waals surface area contributed by atoms with Gasteiger partial charge >= 0.3 is 0 Å². The number of methoxy groups -OCH3 is 1. The molecule has 0 bridgehead atoms. The van der Waals surface area contributed by atoms with Crippen LogP contribution in [0.5, 0.6) is 5.75 Å². The Hall–Kier alpha value is -1.62. The van der Waals surface area contributed by atoms with Gasteiger partial charge in [-0.3, -0.25) is 4.79 Å². The van der Waals surface area contributed by atoms with Crippen molar-refractivity contribution in [1.82, 2.24) is 5.32 Å². The lowest BCUT2D eigenvalue weighted by atomic mass is 10.0. The quantitative estimate of drug-likeness (QED) is 0.794. The van der Waals surface area contributed by atoms with Crippen LogP contribution in [0.15, 0.2) is 18.2 Å². The number of hydrogen-bond donors (Lipinski definition) is 2. The molecule has 4 nitrogen and oxygen atoms in total. The minimum atomic E-state index is -0.538. The van der Waals surface area contributed by atoms with Gasteiger partial charge in [-0.25, -0.2) is 4.39 Å². The van der Waals surface area contributed by atoms with Crippen molar-refractivity contribution in [2.45, 2.75) is 19.8 Å². The molecule has 0 saturated carbocycles. The van der Waals surface area contributed by atoms with Crippen molar-refractivity contribution < 1.29 is 13.9 Å². The summed E-state index contributed by atoms with van der Waals surface area (Å²) in [5.74, 6) is -0.329. The lowest BCUT2D eigenvalue weighted by Gasteiger charge is -2.14. The van der Waals surface area contributed by atoms with Crippen LogP contribution < -0.4 is 15.8 Å². The molecule has 1 aromatic carbocycles. The Kier molecular flexibility index (Phi) is 6.29. The third kappa shape index (κ3) is 4.52. The summed E-state index contributed by atoms with van der Waals surface area (Å²) in [6.45, 7) is 3.21. The van der Waals surface area contributed by atoms with Crippen molar-refractivity contribution in [3.63, 3.8) is 0 Å². The fourth-order valence-corrected chi connectivity index (χ4v) is 1.83. The monoisotopic (exact) mass is 268 g/mol. The summed E-state index contributed by atoms with van der Waals surface area (Å²) in [6, 6.07) is 4.17. The highest BCUT2D eigenvalue weighted by atomic mass is 19.1. The van der Waals surface area contributed by atoms with Crippen molar-refractivity contribution in [3.8, 4) is 5.75 Å². The van der Waals surface area contributed by atoms with Gasteiger partial charge in [-0.05, 0) is 37.1 Å². The van der Waals surface area contributed by atoms with Gasteiger partial charge in [0.2, 0.25) is 0 Å². The summed E-state index contributed by atoms with van der Waals surface area (Å²) in [5.41, 5.74) is 5.79. The number of halogens is 1. The van der Waals surface area contributed by atoms with Crippen LogP contribution in [-0.4, -0.2) is 26.1 Å². The van der Waals surface area contributed by atoms with E-state index < -0.39 is 5.82 Å². The number of hydrogen-bond acceptors (Lipinski definition) is 3. The van der Waals surface area contributed by atoms with Crippen LogP contribution in [0.4, 0.5) is 4.39 Å². The number of carbonyl (C=O) groups is 1. The van der Waals surface area contributed by atoms with E-state index in [4.69, 9.17) is 10.5 Å². The minimum Gasteiger partial charge on any atom is -0.494 e. The standard InChI is InChI=1S/C14H21FN2O2/c1-3-10(6-7-16)9-17-14(18)11-4-5-13(19-2)12(15)8-11/h4-5,8,10H,3,6-7,9,16H2,1-2H3,(H,17,18).